The first-order valence-electron chi connectivity index (χ1n) is 10.7. The summed E-state index contributed by atoms with van der Waals surface area (Å²) in [6.45, 7) is 5.00. The van der Waals surface area contributed by atoms with Crippen LogP contribution in [-0.4, -0.2) is 44.4 Å². The van der Waals surface area contributed by atoms with E-state index in [9.17, 15) is 15.0 Å². The van der Waals surface area contributed by atoms with Gasteiger partial charge in [-0.25, -0.2) is 0 Å². The van der Waals surface area contributed by atoms with Gasteiger partial charge in [-0.3, -0.25) is 9.89 Å². The number of nitrogens with zero attached hydrogens (tertiary/aromatic N) is 2. The molecule has 1 unspecified atom stereocenters. The minimum Gasteiger partial charge on any atom is -0.507 e. The third-order valence-corrected chi connectivity index (χ3v) is 5.62. The van der Waals surface area contributed by atoms with Crippen molar-refractivity contribution in [2.45, 2.75) is 39.2 Å². The molecule has 0 aliphatic carbocycles. The number of para-hydroxylation sites is 1. The maximum absolute atomic E-state index is 13.3. The van der Waals surface area contributed by atoms with Crippen molar-refractivity contribution in [1.82, 2.24) is 15.1 Å². The molecule has 162 valence electrons. The molecule has 7 heteroatoms. The second-order valence-electron chi connectivity index (χ2n) is 7.65. The first-order chi connectivity index (χ1) is 15.1. The number of aromatic hydroxyl groups is 2. The van der Waals surface area contributed by atoms with E-state index in [1.165, 1.54) is 0 Å². The molecule has 0 fully saturated rings. The van der Waals surface area contributed by atoms with Crippen molar-refractivity contribution in [3.8, 4) is 28.5 Å². The van der Waals surface area contributed by atoms with E-state index in [0.29, 0.717) is 35.9 Å². The van der Waals surface area contributed by atoms with Gasteiger partial charge in [-0.1, -0.05) is 38.0 Å². The van der Waals surface area contributed by atoms with Crippen molar-refractivity contribution in [3.05, 3.63) is 59.3 Å². The Morgan fingerprint density at radius 1 is 1.10 bits per heavy atom. The minimum absolute atomic E-state index is 0.0563. The molecule has 31 heavy (non-hydrogen) atoms. The van der Waals surface area contributed by atoms with Gasteiger partial charge >= 0.3 is 0 Å². The average molecular weight is 421 g/mol. The molecule has 0 radical (unpaired) electrons. The Morgan fingerprint density at radius 2 is 1.90 bits per heavy atom. The lowest BCUT2D eigenvalue weighted by molar-refractivity contribution is 0.0740. The second kappa shape index (κ2) is 8.71. The summed E-state index contributed by atoms with van der Waals surface area (Å²) in [5.41, 5.74) is 3.11. The van der Waals surface area contributed by atoms with Crippen molar-refractivity contribution in [3.63, 3.8) is 0 Å². The van der Waals surface area contributed by atoms with Gasteiger partial charge < -0.3 is 19.8 Å². The van der Waals surface area contributed by atoms with E-state index in [2.05, 4.69) is 17.1 Å². The molecule has 1 atom stereocenters. The number of fused-ring (bicyclic) bond motifs is 1. The molecule has 0 spiro atoms. The van der Waals surface area contributed by atoms with Gasteiger partial charge in [0.2, 0.25) is 0 Å². The predicted octanol–water partition coefficient (Wildman–Crippen LogP) is 4.62. The number of rotatable bonds is 8. The van der Waals surface area contributed by atoms with E-state index >= 15 is 0 Å². The zero-order valence-electron chi connectivity index (χ0n) is 17.8. The van der Waals surface area contributed by atoms with Crippen molar-refractivity contribution in [2.24, 2.45) is 0 Å². The lowest BCUT2D eigenvalue weighted by Crippen LogP contribution is -2.30. The summed E-state index contributed by atoms with van der Waals surface area (Å²) < 4.78 is 5.58. The Morgan fingerprint density at radius 3 is 2.65 bits per heavy atom. The van der Waals surface area contributed by atoms with Crippen molar-refractivity contribution in [2.75, 3.05) is 13.2 Å². The largest absolute Gasteiger partial charge is 0.507 e. The Bertz CT molecular complexity index is 1090. The van der Waals surface area contributed by atoms with Gasteiger partial charge in [0.1, 0.15) is 17.1 Å². The molecule has 1 amide bonds. The normalized spacial score (nSPS) is 15.4. The summed E-state index contributed by atoms with van der Waals surface area (Å²) in [5, 5.41) is 27.9. The number of amides is 1. The maximum atomic E-state index is 13.3. The minimum atomic E-state index is -0.396. The first kappa shape index (κ1) is 20.8. The molecule has 4 rings (SSSR count). The van der Waals surface area contributed by atoms with Crippen LogP contribution in [0.3, 0.4) is 0 Å². The van der Waals surface area contributed by atoms with Crippen LogP contribution < -0.4 is 4.74 Å². The standard InChI is InChI=1S/C24H27N3O4/c1-3-5-8-13-27-23(15-11-12-18(29)19(14-15)31-4-2)20-21(25-26-22(20)24(27)30)16-9-6-7-10-17(16)28/h6-7,9-12,14,23,28-29H,3-5,8,13H2,1-2H3,(H,25,26). The van der Waals surface area contributed by atoms with Crippen LogP contribution in [0.15, 0.2) is 42.5 Å². The first-order valence-corrected chi connectivity index (χ1v) is 10.7. The van der Waals surface area contributed by atoms with Crippen LogP contribution in [0.4, 0.5) is 0 Å². The number of H-pyrrole nitrogens is 1. The van der Waals surface area contributed by atoms with E-state index in [4.69, 9.17) is 4.74 Å². The topological polar surface area (TPSA) is 98.7 Å². The zero-order chi connectivity index (χ0) is 22.0. The number of hydrogen-bond acceptors (Lipinski definition) is 5. The van der Waals surface area contributed by atoms with Gasteiger partial charge in [-0.15, -0.1) is 0 Å². The average Bonchev–Trinajstić information content (AvgIpc) is 3.30. The highest BCUT2D eigenvalue weighted by atomic mass is 16.5. The van der Waals surface area contributed by atoms with E-state index in [-0.39, 0.29) is 17.4 Å². The molecule has 1 aliphatic rings. The van der Waals surface area contributed by atoms with Gasteiger partial charge in [0.15, 0.2) is 11.5 Å². The van der Waals surface area contributed by atoms with E-state index in [1.54, 1.807) is 36.4 Å². The second-order valence-corrected chi connectivity index (χ2v) is 7.65. The van der Waals surface area contributed by atoms with E-state index in [0.717, 1.165) is 30.4 Å². The Labute approximate surface area is 181 Å². The molecule has 2 aromatic carbocycles. The Balaban J connectivity index is 1.85. The molecule has 0 saturated carbocycles. The van der Waals surface area contributed by atoms with Crippen LogP contribution >= 0.6 is 0 Å². The third-order valence-electron chi connectivity index (χ3n) is 5.62. The molecule has 7 nitrogen and oxygen atoms in total. The van der Waals surface area contributed by atoms with Crippen LogP contribution in [0.2, 0.25) is 0 Å². The van der Waals surface area contributed by atoms with Gasteiger partial charge in [-0.05, 0) is 43.2 Å². The van der Waals surface area contributed by atoms with Gasteiger partial charge in [-0.2, -0.15) is 5.10 Å². The van der Waals surface area contributed by atoms with Crippen molar-refractivity contribution < 1.29 is 19.7 Å². The molecular formula is C24H27N3O4. The van der Waals surface area contributed by atoms with Gasteiger partial charge in [0, 0.05) is 17.7 Å². The number of benzene rings is 2. The van der Waals surface area contributed by atoms with Crippen LogP contribution in [0, 0.1) is 0 Å². The maximum Gasteiger partial charge on any atom is 0.273 e. The van der Waals surface area contributed by atoms with Gasteiger partial charge in [0.05, 0.1) is 12.6 Å². The summed E-state index contributed by atoms with van der Waals surface area (Å²) >= 11 is 0. The summed E-state index contributed by atoms with van der Waals surface area (Å²) in [7, 11) is 0. The molecular weight excluding hydrogens is 394 g/mol. The van der Waals surface area contributed by atoms with E-state index < -0.39 is 6.04 Å². The molecule has 0 bridgehead atoms. The number of aromatic nitrogens is 2. The molecule has 1 aliphatic heterocycles. The molecule has 2 heterocycles. The number of carbonyl (C=O) groups is 1. The fraction of sp³-hybridized carbons (Fsp3) is 0.333. The molecule has 0 saturated heterocycles. The summed E-state index contributed by atoms with van der Waals surface area (Å²) in [5.74, 6) is 0.423. The predicted molar refractivity (Wildman–Crippen MR) is 117 cm³/mol. The highest BCUT2D eigenvalue weighted by Crippen LogP contribution is 2.45. The lowest BCUT2D eigenvalue weighted by atomic mass is 9.95. The fourth-order valence-electron chi connectivity index (χ4n) is 4.16. The highest BCUT2D eigenvalue weighted by molar-refractivity contribution is 6.00. The SMILES string of the molecule is CCCCCN1C(=O)c2[nH]nc(-c3ccccc3O)c2C1c1ccc(O)c(OCC)c1. The fourth-order valence-corrected chi connectivity index (χ4v) is 4.16. The Kier molecular flexibility index (Phi) is 5.84. The summed E-state index contributed by atoms with van der Waals surface area (Å²) in [6.07, 6.45) is 2.96. The number of unbranched alkanes of at least 4 members (excludes halogenated alkanes) is 2. The quantitative estimate of drug-likeness (QED) is 0.461. The number of carbonyl (C=O) groups excluding carboxylic acids is 1. The van der Waals surface area contributed by atoms with Crippen molar-refractivity contribution >= 4 is 5.91 Å². The van der Waals surface area contributed by atoms with Crippen LogP contribution in [-0.2, 0) is 0 Å². The smallest absolute Gasteiger partial charge is 0.273 e. The zero-order valence-corrected chi connectivity index (χ0v) is 17.8. The molecule has 1 aromatic heterocycles. The summed E-state index contributed by atoms with van der Waals surface area (Å²) in [6, 6.07) is 11.7. The number of phenolic OH excluding ortho intramolecular Hbond substituents is 2. The number of nitrogens with one attached hydrogen (secondary N) is 1. The molecule has 3 N–H and O–H groups in total. The Hall–Kier alpha value is -3.48. The lowest BCUT2D eigenvalue weighted by Gasteiger charge is -2.27. The number of ether oxygens (including phenoxy) is 1. The van der Waals surface area contributed by atoms with Crippen LogP contribution in [0.1, 0.15) is 60.8 Å². The van der Waals surface area contributed by atoms with Crippen LogP contribution in [0.25, 0.3) is 11.3 Å². The number of hydrogen-bond donors (Lipinski definition) is 3. The highest BCUT2D eigenvalue weighted by Gasteiger charge is 2.42. The monoisotopic (exact) mass is 421 g/mol. The number of phenols is 2. The van der Waals surface area contributed by atoms with Crippen molar-refractivity contribution in [1.29, 1.82) is 0 Å². The van der Waals surface area contributed by atoms with Crippen LogP contribution in [0.5, 0.6) is 17.2 Å². The molecule has 3 aromatic rings. The third kappa shape index (κ3) is 3.71. The number of aromatic amines is 1. The van der Waals surface area contributed by atoms with Gasteiger partial charge in [0.25, 0.3) is 5.91 Å². The van der Waals surface area contributed by atoms with E-state index in [1.807, 2.05) is 17.9 Å². The summed E-state index contributed by atoms with van der Waals surface area (Å²) in [4.78, 5) is 15.1.